The van der Waals surface area contributed by atoms with E-state index in [0.29, 0.717) is 0 Å². The first-order chi connectivity index (χ1) is 14.4. The number of imidazole rings is 1. The zero-order chi connectivity index (χ0) is 20.9. The van der Waals surface area contributed by atoms with Crippen LogP contribution in [0.2, 0.25) is 0 Å². The third-order valence-electron chi connectivity index (χ3n) is 6.25. The Bertz CT molecular complexity index is 1180. The van der Waals surface area contributed by atoms with Crippen molar-refractivity contribution < 1.29 is 9.31 Å². The third kappa shape index (κ3) is 3.06. The highest BCUT2D eigenvalue weighted by Gasteiger charge is 2.51. The fourth-order valence-electron chi connectivity index (χ4n) is 3.84. The molecule has 3 aromatic carbocycles. The Labute approximate surface area is 177 Å². The molecular formula is C25H25BN2O2. The van der Waals surface area contributed by atoms with Crippen LogP contribution in [-0.4, -0.2) is 27.9 Å². The molecule has 1 aliphatic rings. The minimum atomic E-state index is -0.404. The van der Waals surface area contributed by atoms with E-state index < -0.39 is 7.12 Å². The summed E-state index contributed by atoms with van der Waals surface area (Å²) in [5.41, 5.74) is 4.38. The predicted octanol–water partition coefficient (Wildman–Crippen LogP) is 4.99. The summed E-state index contributed by atoms with van der Waals surface area (Å²) in [6.45, 7) is 8.31. The van der Waals surface area contributed by atoms with Gasteiger partial charge in [0.05, 0.1) is 22.2 Å². The van der Waals surface area contributed by atoms with Crippen molar-refractivity contribution in [3.05, 3.63) is 78.9 Å². The lowest BCUT2D eigenvalue weighted by molar-refractivity contribution is 0.00578. The smallest absolute Gasteiger partial charge is 0.399 e. The summed E-state index contributed by atoms with van der Waals surface area (Å²) in [7, 11) is -0.404. The van der Waals surface area contributed by atoms with E-state index in [9.17, 15) is 0 Å². The lowest BCUT2D eigenvalue weighted by Gasteiger charge is -2.32. The molecule has 5 rings (SSSR count). The maximum Gasteiger partial charge on any atom is 0.494 e. The van der Waals surface area contributed by atoms with Crippen molar-refractivity contribution in [2.45, 2.75) is 38.9 Å². The molecule has 150 valence electrons. The molecule has 4 nitrogen and oxygen atoms in total. The number of para-hydroxylation sites is 1. The molecule has 4 aromatic rings. The molecule has 5 heteroatoms. The van der Waals surface area contributed by atoms with Crippen LogP contribution in [0.5, 0.6) is 0 Å². The topological polar surface area (TPSA) is 36.3 Å². The molecule has 0 atom stereocenters. The minimum Gasteiger partial charge on any atom is -0.399 e. The van der Waals surface area contributed by atoms with Crippen LogP contribution in [0, 0.1) is 0 Å². The molecule has 0 N–H and O–H groups in total. The normalized spacial score (nSPS) is 17.5. The number of hydrogen-bond donors (Lipinski definition) is 0. The zero-order valence-electron chi connectivity index (χ0n) is 17.8. The Hall–Kier alpha value is -2.89. The van der Waals surface area contributed by atoms with Crippen LogP contribution in [0.3, 0.4) is 0 Å². The summed E-state index contributed by atoms with van der Waals surface area (Å²) in [5.74, 6) is 0.919. The molecule has 2 heterocycles. The average molecular weight is 396 g/mol. The van der Waals surface area contributed by atoms with E-state index in [4.69, 9.17) is 14.3 Å². The van der Waals surface area contributed by atoms with Gasteiger partial charge in [0.1, 0.15) is 5.82 Å². The summed E-state index contributed by atoms with van der Waals surface area (Å²) in [4.78, 5) is 4.97. The van der Waals surface area contributed by atoms with Gasteiger partial charge in [0.2, 0.25) is 0 Å². The fourth-order valence-corrected chi connectivity index (χ4v) is 3.84. The van der Waals surface area contributed by atoms with Gasteiger partial charge in [-0.2, -0.15) is 0 Å². The van der Waals surface area contributed by atoms with Crippen LogP contribution in [0.25, 0.3) is 28.1 Å². The van der Waals surface area contributed by atoms with Crippen LogP contribution in [0.4, 0.5) is 0 Å². The lowest BCUT2D eigenvalue weighted by atomic mass is 9.79. The molecule has 1 saturated heterocycles. The quantitative estimate of drug-likeness (QED) is 0.458. The van der Waals surface area contributed by atoms with Crippen LogP contribution in [-0.2, 0) is 9.31 Å². The molecule has 1 aromatic heterocycles. The van der Waals surface area contributed by atoms with Gasteiger partial charge in [-0.1, -0.05) is 54.6 Å². The molecule has 0 aliphatic carbocycles. The van der Waals surface area contributed by atoms with E-state index in [2.05, 4.69) is 74.7 Å². The third-order valence-corrected chi connectivity index (χ3v) is 6.25. The average Bonchev–Trinajstić information content (AvgIpc) is 3.22. The Morgan fingerprint density at radius 2 is 1.37 bits per heavy atom. The van der Waals surface area contributed by atoms with Crippen molar-refractivity contribution in [1.82, 2.24) is 9.55 Å². The number of benzene rings is 3. The number of nitrogens with zero attached hydrogens (tertiary/aromatic N) is 2. The van der Waals surface area contributed by atoms with E-state index in [1.807, 2.05) is 36.4 Å². The minimum absolute atomic E-state index is 0.374. The van der Waals surface area contributed by atoms with Gasteiger partial charge in [0.25, 0.3) is 0 Å². The second-order valence-electron chi connectivity index (χ2n) is 8.81. The van der Waals surface area contributed by atoms with Gasteiger partial charge in [0.15, 0.2) is 0 Å². The highest BCUT2D eigenvalue weighted by atomic mass is 16.7. The maximum atomic E-state index is 6.28. The second kappa shape index (κ2) is 6.83. The molecule has 0 radical (unpaired) electrons. The molecule has 0 amide bonds. The van der Waals surface area contributed by atoms with E-state index in [-0.39, 0.29) is 11.2 Å². The zero-order valence-corrected chi connectivity index (χ0v) is 17.8. The van der Waals surface area contributed by atoms with Gasteiger partial charge in [-0.05, 0) is 57.4 Å². The van der Waals surface area contributed by atoms with Crippen LogP contribution < -0.4 is 5.46 Å². The molecule has 0 bridgehead atoms. The molecule has 0 unspecified atom stereocenters. The summed E-state index contributed by atoms with van der Waals surface area (Å²) in [6.07, 6.45) is 0. The van der Waals surface area contributed by atoms with E-state index in [0.717, 1.165) is 33.6 Å². The van der Waals surface area contributed by atoms with Crippen molar-refractivity contribution in [3.8, 4) is 17.1 Å². The SMILES string of the molecule is CC1(C)OB(c2ccc3nc(-c4ccccc4)n(-c4ccccc4)c3c2)OC1(C)C. The van der Waals surface area contributed by atoms with E-state index in [1.165, 1.54) is 0 Å². The number of aromatic nitrogens is 2. The standard InChI is InChI=1S/C25H25BN2O2/c1-24(2)25(3,4)30-26(29-24)19-15-16-21-22(17-19)28(20-13-9-6-10-14-20)23(27-21)18-11-7-5-8-12-18/h5-17H,1-4H3. The molecule has 0 saturated carbocycles. The van der Waals surface area contributed by atoms with E-state index >= 15 is 0 Å². The summed E-state index contributed by atoms with van der Waals surface area (Å²) < 4.78 is 14.8. The van der Waals surface area contributed by atoms with Crippen molar-refractivity contribution in [3.63, 3.8) is 0 Å². The molecule has 30 heavy (non-hydrogen) atoms. The van der Waals surface area contributed by atoms with Gasteiger partial charge in [-0.15, -0.1) is 0 Å². The highest BCUT2D eigenvalue weighted by molar-refractivity contribution is 6.62. The monoisotopic (exact) mass is 396 g/mol. The summed E-state index contributed by atoms with van der Waals surface area (Å²) >= 11 is 0. The van der Waals surface area contributed by atoms with Crippen LogP contribution in [0.15, 0.2) is 78.9 Å². The summed E-state index contributed by atoms with van der Waals surface area (Å²) in [5, 5.41) is 0. The fraction of sp³-hybridized carbons (Fsp3) is 0.240. The maximum absolute atomic E-state index is 6.28. The van der Waals surface area contributed by atoms with Gasteiger partial charge in [-0.25, -0.2) is 4.98 Å². The van der Waals surface area contributed by atoms with Gasteiger partial charge >= 0.3 is 7.12 Å². The first kappa shape index (κ1) is 19.1. The van der Waals surface area contributed by atoms with Crippen molar-refractivity contribution in [2.24, 2.45) is 0 Å². The van der Waals surface area contributed by atoms with Crippen LogP contribution >= 0.6 is 0 Å². The Balaban J connectivity index is 1.69. The largest absolute Gasteiger partial charge is 0.494 e. The molecule has 1 aliphatic heterocycles. The first-order valence-corrected chi connectivity index (χ1v) is 10.3. The Morgan fingerprint density at radius 1 is 0.767 bits per heavy atom. The lowest BCUT2D eigenvalue weighted by Crippen LogP contribution is -2.41. The Morgan fingerprint density at radius 3 is 2.00 bits per heavy atom. The van der Waals surface area contributed by atoms with Crippen LogP contribution in [0.1, 0.15) is 27.7 Å². The number of fused-ring (bicyclic) bond motifs is 1. The highest BCUT2D eigenvalue weighted by Crippen LogP contribution is 2.37. The molecular weight excluding hydrogens is 371 g/mol. The predicted molar refractivity (Wildman–Crippen MR) is 122 cm³/mol. The molecule has 1 fully saturated rings. The van der Waals surface area contributed by atoms with E-state index in [1.54, 1.807) is 0 Å². The van der Waals surface area contributed by atoms with Crippen molar-refractivity contribution in [2.75, 3.05) is 0 Å². The summed E-state index contributed by atoms with van der Waals surface area (Å²) in [6, 6.07) is 26.9. The van der Waals surface area contributed by atoms with Crippen molar-refractivity contribution in [1.29, 1.82) is 0 Å². The van der Waals surface area contributed by atoms with Crippen molar-refractivity contribution >= 4 is 23.6 Å². The number of hydrogen-bond acceptors (Lipinski definition) is 3. The van der Waals surface area contributed by atoms with Gasteiger partial charge in [-0.3, -0.25) is 4.57 Å². The molecule has 0 spiro atoms. The number of rotatable bonds is 3. The second-order valence-corrected chi connectivity index (χ2v) is 8.81. The van der Waals surface area contributed by atoms with Gasteiger partial charge < -0.3 is 9.31 Å². The Kier molecular flexibility index (Phi) is 4.35. The van der Waals surface area contributed by atoms with Gasteiger partial charge in [0, 0.05) is 11.3 Å². The first-order valence-electron chi connectivity index (χ1n) is 10.3.